The Morgan fingerprint density at radius 1 is 1.44 bits per heavy atom. The van der Waals surface area contributed by atoms with Gasteiger partial charge in [-0.25, -0.2) is 0 Å². The number of hydrogen-bond acceptors (Lipinski definition) is 3. The molecule has 2 rings (SSSR count). The molecule has 0 aromatic carbocycles. The van der Waals surface area contributed by atoms with E-state index in [1.165, 1.54) is 47.7 Å². The second-order valence-electron chi connectivity index (χ2n) is 5.73. The van der Waals surface area contributed by atoms with E-state index in [9.17, 15) is 0 Å². The molecule has 2 heterocycles. The van der Waals surface area contributed by atoms with E-state index in [4.69, 9.17) is 0 Å². The van der Waals surface area contributed by atoms with Crippen LogP contribution < -0.4 is 10.6 Å². The van der Waals surface area contributed by atoms with E-state index in [1.807, 2.05) is 11.3 Å². The summed E-state index contributed by atoms with van der Waals surface area (Å²) in [7, 11) is 0. The molecular weight excluding hydrogens is 240 g/mol. The highest BCUT2D eigenvalue weighted by molar-refractivity contribution is 7.12. The molecule has 0 amide bonds. The molecule has 1 aromatic rings. The third kappa shape index (κ3) is 3.34. The van der Waals surface area contributed by atoms with Gasteiger partial charge in [0.2, 0.25) is 0 Å². The van der Waals surface area contributed by atoms with Gasteiger partial charge in [0.05, 0.1) is 0 Å². The van der Waals surface area contributed by atoms with Gasteiger partial charge in [-0.1, -0.05) is 13.3 Å². The predicted molar refractivity (Wildman–Crippen MR) is 80.3 cm³/mol. The van der Waals surface area contributed by atoms with Gasteiger partial charge in [0.15, 0.2) is 0 Å². The molecule has 1 unspecified atom stereocenters. The zero-order valence-corrected chi connectivity index (χ0v) is 12.8. The molecule has 2 nitrogen and oxygen atoms in total. The number of aryl methyl sites for hydroxylation is 2. The zero-order valence-electron chi connectivity index (χ0n) is 11.9. The summed E-state index contributed by atoms with van der Waals surface area (Å²) in [6.07, 6.45) is 3.96. The lowest BCUT2D eigenvalue weighted by Gasteiger charge is -2.28. The van der Waals surface area contributed by atoms with Crippen molar-refractivity contribution in [1.82, 2.24) is 10.6 Å². The molecule has 0 radical (unpaired) electrons. The Bertz CT molecular complexity index is 358. The minimum Gasteiger partial charge on any atom is -0.316 e. The number of thiophene rings is 1. The van der Waals surface area contributed by atoms with Crippen molar-refractivity contribution in [1.29, 1.82) is 0 Å². The molecule has 1 saturated heterocycles. The van der Waals surface area contributed by atoms with Crippen LogP contribution in [0.5, 0.6) is 0 Å². The molecule has 1 atom stereocenters. The Morgan fingerprint density at radius 3 is 2.83 bits per heavy atom. The lowest BCUT2D eigenvalue weighted by molar-refractivity contribution is 0.276. The average molecular weight is 266 g/mol. The van der Waals surface area contributed by atoms with E-state index < -0.39 is 0 Å². The van der Waals surface area contributed by atoms with Crippen LogP contribution in [0, 0.1) is 19.3 Å². The van der Waals surface area contributed by atoms with Crippen LogP contribution in [0.2, 0.25) is 0 Å². The van der Waals surface area contributed by atoms with Crippen molar-refractivity contribution in [3.8, 4) is 0 Å². The molecule has 0 saturated carbocycles. The minimum atomic E-state index is 0.510. The van der Waals surface area contributed by atoms with E-state index in [0.29, 0.717) is 5.41 Å². The van der Waals surface area contributed by atoms with E-state index in [-0.39, 0.29) is 0 Å². The molecule has 2 N–H and O–H groups in total. The normalized spacial score (nSPS) is 23.7. The minimum absolute atomic E-state index is 0.510. The Morgan fingerprint density at radius 2 is 2.28 bits per heavy atom. The molecule has 1 aromatic heterocycles. The summed E-state index contributed by atoms with van der Waals surface area (Å²) in [6, 6.07) is 2.33. The van der Waals surface area contributed by atoms with Gasteiger partial charge in [0.1, 0.15) is 0 Å². The maximum atomic E-state index is 3.68. The smallest absolute Gasteiger partial charge is 0.0300 e. The summed E-state index contributed by atoms with van der Waals surface area (Å²) in [6.45, 7) is 11.3. The van der Waals surface area contributed by atoms with Crippen LogP contribution in [-0.4, -0.2) is 19.6 Å². The molecule has 1 aliphatic rings. The van der Waals surface area contributed by atoms with Crippen molar-refractivity contribution >= 4 is 11.3 Å². The van der Waals surface area contributed by atoms with Crippen molar-refractivity contribution in [2.45, 2.75) is 46.6 Å². The molecule has 1 fully saturated rings. The summed E-state index contributed by atoms with van der Waals surface area (Å²) in [5, 5.41) is 7.20. The maximum Gasteiger partial charge on any atom is 0.0300 e. The van der Waals surface area contributed by atoms with Crippen molar-refractivity contribution in [3.05, 3.63) is 21.4 Å². The van der Waals surface area contributed by atoms with Gasteiger partial charge in [-0.05, 0) is 50.3 Å². The van der Waals surface area contributed by atoms with Crippen LogP contribution in [0.1, 0.15) is 41.5 Å². The van der Waals surface area contributed by atoms with Crippen LogP contribution in [0.4, 0.5) is 0 Å². The molecule has 0 aliphatic carbocycles. The molecule has 102 valence electrons. The predicted octanol–water partition coefficient (Wildman–Crippen LogP) is 3.23. The van der Waals surface area contributed by atoms with E-state index in [2.05, 4.69) is 37.5 Å². The van der Waals surface area contributed by atoms with Crippen LogP contribution in [0.15, 0.2) is 6.07 Å². The fourth-order valence-electron chi connectivity index (χ4n) is 2.97. The summed E-state index contributed by atoms with van der Waals surface area (Å²) in [5.74, 6) is 0. The number of rotatable bonds is 6. The van der Waals surface area contributed by atoms with Gasteiger partial charge in [-0.2, -0.15) is 0 Å². The fraction of sp³-hybridized carbons (Fsp3) is 0.733. The molecule has 0 spiro atoms. The standard InChI is InChI=1S/C15H26N2S/c1-4-5-15(6-7-16-10-15)11-17-9-14-8-12(2)13(3)18-14/h8,16-17H,4-7,9-11H2,1-3H3. The average Bonchev–Trinajstić information content (AvgIpc) is 2.89. The first-order valence-corrected chi connectivity index (χ1v) is 7.94. The summed E-state index contributed by atoms with van der Waals surface area (Å²) in [4.78, 5) is 2.93. The quantitative estimate of drug-likeness (QED) is 0.826. The number of hydrogen-bond donors (Lipinski definition) is 2. The largest absolute Gasteiger partial charge is 0.316 e. The Labute approximate surface area is 115 Å². The fourth-order valence-corrected chi connectivity index (χ4v) is 3.99. The van der Waals surface area contributed by atoms with Crippen LogP contribution in [-0.2, 0) is 6.54 Å². The lowest BCUT2D eigenvalue weighted by atomic mass is 9.82. The SMILES string of the molecule is CCCC1(CNCc2cc(C)c(C)s2)CCNC1. The molecule has 0 bridgehead atoms. The van der Waals surface area contributed by atoms with Gasteiger partial charge in [0, 0.05) is 29.4 Å². The van der Waals surface area contributed by atoms with Gasteiger partial charge >= 0.3 is 0 Å². The zero-order chi connectivity index (χ0) is 13.0. The summed E-state index contributed by atoms with van der Waals surface area (Å²) < 4.78 is 0. The van der Waals surface area contributed by atoms with Gasteiger partial charge < -0.3 is 10.6 Å². The van der Waals surface area contributed by atoms with Crippen molar-refractivity contribution in [2.24, 2.45) is 5.41 Å². The van der Waals surface area contributed by atoms with E-state index in [1.54, 1.807) is 0 Å². The highest BCUT2D eigenvalue weighted by Gasteiger charge is 2.32. The molecule has 1 aliphatic heterocycles. The highest BCUT2D eigenvalue weighted by Crippen LogP contribution is 2.30. The Hall–Kier alpha value is -0.380. The first-order chi connectivity index (χ1) is 8.65. The first-order valence-electron chi connectivity index (χ1n) is 7.12. The summed E-state index contributed by atoms with van der Waals surface area (Å²) >= 11 is 1.93. The van der Waals surface area contributed by atoms with E-state index >= 15 is 0 Å². The van der Waals surface area contributed by atoms with Crippen LogP contribution >= 0.6 is 11.3 Å². The third-order valence-corrected chi connectivity index (χ3v) is 5.28. The topological polar surface area (TPSA) is 24.1 Å². The van der Waals surface area contributed by atoms with Crippen LogP contribution in [0.3, 0.4) is 0 Å². The van der Waals surface area contributed by atoms with Gasteiger partial charge in [-0.15, -0.1) is 11.3 Å². The van der Waals surface area contributed by atoms with Crippen molar-refractivity contribution in [2.75, 3.05) is 19.6 Å². The summed E-state index contributed by atoms with van der Waals surface area (Å²) in [5.41, 5.74) is 1.94. The van der Waals surface area contributed by atoms with E-state index in [0.717, 1.165) is 13.1 Å². The van der Waals surface area contributed by atoms with Gasteiger partial charge in [-0.3, -0.25) is 0 Å². The van der Waals surface area contributed by atoms with Crippen molar-refractivity contribution < 1.29 is 0 Å². The second kappa shape index (κ2) is 6.18. The Balaban J connectivity index is 1.83. The highest BCUT2D eigenvalue weighted by atomic mass is 32.1. The number of nitrogens with one attached hydrogen (secondary N) is 2. The molecular formula is C15H26N2S. The molecule has 18 heavy (non-hydrogen) atoms. The third-order valence-electron chi connectivity index (χ3n) is 4.13. The Kier molecular flexibility index (Phi) is 4.82. The lowest BCUT2D eigenvalue weighted by Crippen LogP contribution is -2.35. The first kappa shape index (κ1) is 14.0. The monoisotopic (exact) mass is 266 g/mol. The maximum absolute atomic E-state index is 3.68. The second-order valence-corrected chi connectivity index (χ2v) is 7.07. The van der Waals surface area contributed by atoms with Crippen LogP contribution in [0.25, 0.3) is 0 Å². The molecule has 3 heteroatoms. The van der Waals surface area contributed by atoms with Gasteiger partial charge in [0.25, 0.3) is 0 Å². The van der Waals surface area contributed by atoms with Crippen molar-refractivity contribution in [3.63, 3.8) is 0 Å².